The predicted octanol–water partition coefficient (Wildman–Crippen LogP) is 1.27. The Balaban J connectivity index is 2.62. The molecule has 4 heteroatoms. The van der Waals surface area contributed by atoms with Gasteiger partial charge in [0, 0.05) is 12.4 Å². The van der Waals surface area contributed by atoms with E-state index in [0.29, 0.717) is 16.7 Å². The van der Waals surface area contributed by atoms with Gasteiger partial charge in [0.05, 0.1) is 11.1 Å². The van der Waals surface area contributed by atoms with Gasteiger partial charge in [-0.05, 0) is 24.3 Å². The van der Waals surface area contributed by atoms with Gasteiger partial charge in [-0.2, -0.15) is 4.73 Å². The highest BCUT2D eigenvalue weighted by atomic mass is 16.5. The molecule has 2 rings (SSSR count). The summed E-state index contributed by atoms with van der Waals surface area (Å²) >= 11 is 0. The van der Waals surface area contributed by atoms with E-state index in [0.717, 1.165) is 4.73 Å². The second-order valence-corrected chi connectivity index (χ2v) is 2.86. The van der Waals surface area contributed by atoms with Crippen molar-refractivity contribution in [3.05, 3.63) is 48.1 Å². The first kappa shape index (κ1) is 8.50. The highest BCUT2D eigenvalue weighted by Gasteiger charge is 2.01. The number of hydrogen-bond donors (Lipinski definition) is 2. The molecular weight excluding hydrogens is 178 g/mol. The highest BCUT2D eigenvalue weighted by Crippen LogP contribution is 2.11. The van der Waals surface area contributed by atoms with Gasteiger partial charge in [-0.1, -0.05) is 6.07 Å². The van der Waals surface area contributed by atoms with Crippen LogP contribution in [-0.4, -0.2) is 14.9 Å². The van der Waals surface area contributed by atoms with Crippen molar-refractivity contribution in [3.63, 3.8) is 0 Å². The molecule has 70 valence electrons. The molecule has 0 saturated carbocycles. The van der Waals surface area contributed by atoms with E-state index < -0.39 is 0 Å². The zero-order chi connectivity index (χ0) is 9.97. The summed E-state index contributed by atoms with van der Waals surface area (Å²) < 4.78 is 0.959. The molecule has 0 aromatic carbocycles. The number of nitrogens with one attached hydrogen (secondary N) is 1. The summed E-state index contributed by atoms with van der Waals surface area (Å²) in [6.45, 7) is 0. The number of aromatic nitrogens is 2. The lowest BCUT2D eigenvalue weighted by atomic mass is 10.2. The van der Waals surface area contributed by atoms with Gasteiger partial charge in [0.2, 0.25) is 0 Å². The van der Waals surface area contributed by atoms with Gasteiger partial charge in [0.1, 0.15) is 5.69 Å². The zero-order valence-corrected chi connectivity index (χ0v) is 7.38. The van der Waals surface area contributed by atoms with E-state index in [9.17, 15) is 5.21 Å². The molecule has 2 aromatic heterocycles. The molecule has 0 aliphatic rings. The first-order chi connectivity index (χ1) is 6.77. The predicted molar refractivity (Wildman–Crippen MR) is 50.7 cm³/mol. The fourth-order valence-electron chi connectivity index (χ4n) is 1.20. The van der Waals surface area contributed by atoms with E-state index in [4.69, 9.17) is 5.41 Å². The maximum absolute atomic E-state index is 9.48. The van der Waals surface area contributed by atoms with Crippen molar-refractivity contribution in [2.24, 2.45) is 0 Å². The Kier molecular flexibility index (Phi) is 2.02. The summed E-state index contributed by atoms with van der Waals surface area (Å²) in [5.74, 6) is 0. The van der Waals surface area contributed by atoms with Crippen molar-refractivity contribution in [1.29, 1.82) is 5.41 Å². The van der Waals surface area contributed by atoms with E-state index in [-0.39, 0.29) is 0 Å². The fraction of sp³-hybridized carbons (Fsp3) is 0. The molecule has 0 amide bonds. The van der Waals surface area contributed by atoms with Crippen LogP contribution in [0.1, 0.15) is 0 Å². The van der Waals surface area contributed by atoms with Gasteiger partial charge in [-0.15, -0.1) is 0 Å². The minimum atomic E-state index is 0.343. The summed E-state index contributed by atoms with van der Waals surface area (Å²) in [5, 5.41) is 17.3. The van der Waals surface area contributed by atoms with Crippen LogP contribution >= 0.6 is 0 Å². The Labute approximate surface area is 80.6 Å². The molecule has 14 heavy (non-hydrogen) atoms. The summed E-state index contributed by atoms with van der Waals surface area (Å²) in [4.78, 5) is 4.09. The Hall–Kier alpha value is -2.10. The van der Waals surface area contributed by atoms with Crippen LogP contribution in [0, 0.1) is 5.41 Å². The Morgan fingerprint density at radius 3 is 2.86 bits per heavy atom. The van der Waals surface area contributed by atoms with Crippen molar-refractivity contribution in [3.8, 4) is 11.4 Å². The van der Waals surface area contributed by atoms with Crippen LogP contribution in [-0.2, 0) is 0 Å². The molecule has 2 N–H and O–H groups in total. The molecule has 0 aliphatic heterocycles. The van der Waals surface area contributed by atoms with Gasteiger partial charge in [-0.25, -0.2) is 0 Å². The molecule has 0 spiro atoms. The van der Waals surface area contributed by atoms with Crippen molar-refractivity contribution in [2.45, 2.75) is 0 Å². The quantitative estimate of drug-likeness (QED) is 0.660. The summed E-state index contributed by atoms with van der Waals surface area (Å²) in [6, 6.07) is 8.48. The minimum Gasteiger partial charge on any atom is -0.428 e. The van der Waals surface area contributed by atoms with Crippen LogP contribution in [0.5, 0.6) is 0 Å². The average molecular weight is 187 g/mol. The van der Waals surface area contributed by atoms with E-state index in [1.54, 1.807) is 24.4 Å². The minimum absolute atomic E-state index is 0.343. The third-order valence-corrected chi connectivity index (χ3v) is 1.86. The van der Waals surface area contributed by atoms with Crippen LogP contribution in [0.25, 0.3) is 11.4 Å². The zero-order valence-electron chi connectivity index (χ0n) is 7.38. The largest absolute Gasteiger partial charge is 0.428 e. The lowest BCUT2D eigenvalue weighted by Crippen LogP contribution is -2.06. The molecule has 2 aromatic rings. The normalized spacial score (nSPS) is 10.0. The maximum atomic E-state index is 9.48. The number of rotatable bonds is 1. The molecule has 0 bridgehead atoms. The molecule has 2 heterocycles. The van der Waals surface area contributed by atoms with Crippen molar-refractivity contribution in [2.75, 3.05) is 0 Å². The van der Waals surface area contributed by atoms with Gasteiger partial charge in [0.25, 0.3) is 0 Å². The third-order valence-electron chi connectivity index (χ3n) is 1.86. The van der Waals surface area contributed by atoms with E-state index >= 15 is 0 Å². The third kappa shape index (κ3) is 1.50. The van der Waals surface area contributed by atoms with Gasteiger partial charge in [0.15, 0.2) is 0 Å². The molecule has 0 aliphatic carbocycles. The topological polar surface area (TPSA) is 61.9 Å². The average Bonchev–Trinajstić information content (AvgIpc) is 2.23. The SMILES string of the molecule is N=c1ccn(O)c(-c2ccccn2)c1. The Morgan fingerprint density at radius 2 is 2.14 bits per heavy atom. The summed E-state index contributed by atoms with van der Waals surface area (Å²) in [6.07, 6.45) is 3.07. The summed E-state index contributed by atoms with van der Waals surface area (Å²) in [5.41, 5.74) is 1.15. The van der Waals surface area contributed by atoms with Gasteiger partial charge < -0.3 is 10.6 Å². The van der Waals surface area contributed by atoms with Crippen molar-refractivity contribution in [1.82, 2.24) is 9.71 Å². The van der Waals surface area contributed by atoms with Crippen LogP contribution in [0.3, 0.4) is 0 Å². The fourth-order valence-corrected chi connectivity index (χ4v) is 1.20. The molecule has 0 saturated heterocycles. The second kappa shape index (κ2) is 3.33. The second-order valence-electron chi connectivity index (χ2n) is 2.86. The Bertz CT molecular complexity index is 490. The van der Waals surface area contributed by atoms with Crippen molar-refractivity contribution < 1.29 is 5.21 Å². The van der Waals surface area contributed by atoms with Crippen LogP contribution in [0.15, 0.2) is 42.7 Å². The lowest BCUT2D eigenvalue weighted by molar-refractivity contribution is 0.188. The Morgan fingerprint density at radius 1 is 1.29 bits per heavy atom. The number of pyridine rings is 2. The van der Waals surface area contributed by atoms with Gasteiger partial charge >= 0.3 is 0 Å². The summed E-state index contributed by atoms with van der Waals surface area (Å²) in [7, 11) is 0. The number of hydrogen-bond acceptors (Lipinski definition) is 3. The van der Waals surface area contributed by atoms with Crippen LogP contribution < -0.4 is 5.36 Å². The maximum Gasteiger partial charge on any atom is 0.107 e. The van der Waals surface area contributed by atoms with Crippen LogP contribution in [0.4, 0.5) is 0 Å². The van der Waals surface area contributed by atoms with Gasteiger partial charge in [-0.3, -0.25) is 4.98 Å². The van der Waals surface area contributed by atoms with E-state index in [1.807, 2.05) is 6.07 Å². The lowest BCUT2D eigenvalue weighted by Gasteiger charge is -2.04. The molecule has 0 unspecified atom stereocenters. The molecule has 0 fully saturated rings. The molecule has 0 atom stereocenters. The van der Waals surface area contributed by atoms with Crippen LogP contribution in [0.2, 0.25) is 0 Å². The molecular formula is C10H9N3O. The highest BCUT2D eigenvalue weighted by molar-refractivity contribution is 5.53. The molecule has 0 radical (unpaired) electrons. The standard InChI is InChI=1S/C10H9N3O/c11-8-4-6-13(14)10(7-8)9-3-1-2-5-12-9/h1-7,11,14H. The van der Waals surface area contributed by atoms with E-state index in [1.165, 1.54) is 12.3 Å². The van der Waals surface area contributed by atoms with Crippen molar-refractivity contribution >= 4 is 0 Å². The first-order valence-electron chi connectivity index (χ1n) is 4.15. The number of nitrogens with zero attached hydrogens (tertiary/aromatic N) is 2. The van der Waals surface area contributed by atoms with E-state index in [2.05, 4.69) is 4.98 Å². The molecule has 4 nitrogen and oxygen atoms in total. The monoisotopic (exact) mass is 187 g/mol. The first-order valence-corrected chi connectivity index (χ1v) is 4.15. The smallest absolute Gasteiger partial charge is 0.107 e.